The molecule has 0 fully saturated rings. The van der Waals surface area contributed by atoms with Gasteiger partial charge in [0.05, 0.1) is 11.4 Å². The summed E-state index contributed by atoms with van der Waals surface area (Å²) in [4.78, 5) is 12.8. The minimum absolute atomic E-state index is 0.0780. The zero-order valence-electron chi connectivity index (χ0n) is 13.7. The fraction of sp³-hybridized carbons (Fsp3) is 0.222. The Hall–Kier alpha value is -2.31. The van der Waals surface area contributed by atoms with E-state index in [1.165, 1.54) is 11.3 Å². The Labute approximate surface area is 155 Å². The molecule has 1 amide bonds. The molecule has 0 unspecified atom stereocenters. The minimum Gasteiger partial charge on any atom is -0.489 e. The van der Waals surface area contributed by atoms with Gasteiger partial charge in [-0.25, -0.2) is 0 Å². The van der Waals surface area contributed by atoms with Crippen LogP contribution in [0.2, 0.25) is 5.02 Å². The minimum atomic E-state index is -0.0780. The third kappa shape index (κ3) is 4.84. The summed E-state index contributed by atoms with van der Waals surface area (Å²) in [5.74, 6) is 0.684. The number of thiophene rings is 1. The molecule has 130 valence electrons. The standard InChI is InChI=1S/C18H18ClN3O2S/c1-13-9-15(3-4-16(13)19)24-11-14-10-17(25-12-14)18(23)20-6-8-22-7-2-5-21-22/h2-5,7,9-10,12H,6,8,11H2,1H3,(H,20,23). The molecule has 25 heavy (non-hydrogen) atoms. The van der Waals surface area contributed by atoms with E-state index in [1.54, 1.807) is 10.9 Å². The fourth-order valence-electron chi connectivity index (χ4n) is 2.25. The third-order valence-corrected chi connectivity index (χ3v) is 5.00. The predicted molar refractivity (Wildman–Crippen MR) is 99.4 cm³/mol. The van der Waals surface area contributed by atoms with Crippen LogP contribution in [-0.4, -0.2) is 22.2 Å². The molecule has 0 atom stereocenters. The molecule has 2 heterocycles. The summed E-state index contributed by atoms with van der Waals surface area (Å²) < 4.78 is 7.54. The number of nitrogens with one attached hydrogen (secondary N) is 1. The van der Waals surface area contributed by atoms with E-state index in [-0.39, 0.29) is 5.91 Å². The number of aromatic nitrogens is 2. The molecule has 0 bridgehead atoms. The number of hydrogen-bond acceptors (Lipinski definition) is 4. The monoisotopic (exact) mass is 375 g/mol. The lowest BCUT2D eigenvalue weighted by molar-refractivity contribution is 0.0956. The number of rotatable bonds is 7. The smallest absolute Gasteiger partial charge is 0.261 e. The Morgan fingerprint density at radius 3 is 3.04 bits per heavy atom. The topological polar surface area (TPSA) is 56.1 Å². The van der Waals surface area contributed by atoms with Crippen molar-refractivity contribution < 1.29 is 9.53 Å². The number of ether oxygens (including phenoxy) is 1. The lowest BCUT2D eigenvalue weighted by atomic mass is 10.2. The fourth-order valence-corrected chi connectivity index (χ4v) is 3.18. The van der Waals surface area contributed by atoms with Crippen molar-refractivity contribution in [3.8, 4) is 5.75 Å². The van der Waals surface area contributed by atoms with Gasteiger partial charge in [-0.3, -0.25) is 9.48 Å². The van der Waals surface area contributed by atoms with Crippen molar-refractivity contribution in [3.63, 3.8) is 0 Å². The zero-order chi connectivity index (χ0) is 17.6. The van der Waals surface area contributed by atoms with Crippen LogP contribution in [0, 0.1) is 6.92 Å². The third-order valence-electron chi connectivity index (χ3n) is 3.60. The largest absolute Gasteiger partial charge is 0.489 e. The molecule has 7 heteroatoms. The van der Waals surface area contributed by atoms with Gasteiger partial charge in [0.25, 0.3) is 5.91 Å². The second-order valence-electron chi connectivity index (χ2n) is 5.54. The van der Waals surface area contributed by atoms with Crippen LogP contribution in [0.1, 0.15) is 20.8 Å². The van der Waals surface area contributed by atoms with Crippen molar-refractivity contribution in [2.75, 3.05) is 6.54 Å². The van der Waals surface area contributed by atoms with Crippen LogP contribution >= 0.6 is 22.9 Å². The van der Waals surface area contributed by atoms with E-state index in [9.17, 15) is 4.79 Å². The number of hydrogen-bond donors (Lipinski definition) is 1. The van der Waals surface area contributed by atoms with E-state index in [4.69, 9.17) is 16.3 Å². The first-order chi connectivity index (χ1) is 12.1. The maximum Gasteiger partial charge on any atom is 0.261 e. The van der Waals surface area contributed by atoms with Crippen molar-refractivity contribution in [1.82, 2.24) is 15.1 Å². The average molecular weight is 376 g/mol. The number of amides is 1. The lowest BCUT2D eigenvalue weighted by Crippen LogP contribution is -2.26. The van der Waals surface area contributed by atoms with E-state index in [0.29, 0.717) is 24.6 Å². The van der Waals surface area contributed by atoms with Crippen LogP contribution in [0.5, 0.6) is 5.75 Å². The van der Waals surface area contributed by atoms with Crippen LogP contribution < -0.4 is 10.1 Å². The molecule has 0 spiro atoms. The van der Waals surface area contributed by atoms with Crippen LogP contribution in [0.4, 0.5) is 0 Å². The van der Waals surface area contributed by atoms with Crippen LogP contribution in [-0.2, 0) is 13.2 Å². The van der Waals surface area contributed by atoms with E-state index < -0.39 is 0 Å². The summed E-state index contributed by atoms with van der Waals surface area (Å²) in [6, 6.07) is 9.27. The first-order valence-electron chi connectivity index (χ1n) is 7.84. The molecule has 0 aliphatic rings. The summed E-state index contributed by atoms with van der Waals surface area (Å²) in [5, 5.41) is 9.65. The average Bonchev–Trinajstić information content (AvgIpc) is 3.27. The predicted octanol–water partition coefficient (Wildman–Crippen LogP) is 3.92. The molecule has 0 aliphatic heterocycles. The van der Waals surface area contributed by atoms with Gasteiger partial charge in [-0.1, -0.05) is 11.6 Å². The number of carbonyl (C=O) groups excluding carboxylic acids is 1. The summed E-state index contributed by atoms with van der Waals surface area (Å²) >= 11 is 7.42. The van der Waals surface area contributed by atoms with Gasteiger partial charge < -0.3 is 10.1 Å². The van der Waals surface area contributed by atoms with Gasteiger partial charge in [-0.05, 0) is 48.2 Å². The second kappa shape index (κ2) is 8.18. The molecule has 5 nitrogen and oxygen atoms in total. The number of aryl methyl sites for hydroxylation is 1. The highest BCUT2D eigenvalue weighted by molar-refractivity contribution is 7.12. The summed E-state index contributed by atoms with van der Waals surface area (Å²) in [7, 11) is 0. The van der Waals surface area contributed by atoms with Crippen molar-refractivity contribution in [2.45, 2.75) is 20.1 Å². The highest BCUT2D eigenvalue weighted by Crippen LogP contribution is 2.23. The molecule has 0 radical (unpaired) electrons. The Bertz CT molecular complexity index is 846. The van der Waals surface area contributed by atoms with Gasteiger partial charge in [-0.15, -0.1) is 11.3 Å². The van der Waals surface area contributed by atoms with E-state index in [1.807, 2.05) is 48.8 Å². The Kier molecular flexibility index (Phi) is 5.73. The summed E-state index contributed by atoms with van der Waals surface area (Å²) in [6.45, 7) is 3.54. The highest BCUT2D eigenvalue weighted by Gasteiger charge is 2.09. The SMILES string of the molecule is Cc1cc(OCc2csc(C(=O)NCCn3cccn3)c2)ccc1Cl. The number of nitrogens with zero attached hydrogens (tertiary/aromatic N) is 2. The molecular weight excluding hydrogens is 358 g/mol. The van der Waals surface area contributed by atoms with Crippen molar-refractivity contribution in [1.29, 1.82) is 0 Å². The van der Waals surface area contributed by atoms with Crippen molar-refractivity contribution >= 4 is 28.8 Å². The van der Waals surface area contributed by atoms with Gasteiger partial charge >= 0.3 is 0 Å². The molecule has 0 saturated heterocycles. The number of benzene rings is 1. The molecule has 1 N–H and O–H groups in total. The maximum absolute atomic E-state index is 12.2. The molecule has 2 aromatic heterocycles. The van der Waals surface area contributed by atoms with Gasteiger partial charge in [0.1, 0.15) is 12.4 Å². The van der Waals surface area contributed by atoms with E-state index >= 15 is 0 Å². The van der Waals surface area contributed by atoms with Crippen molar-refractivity contribution in [2.24, 2.45) is 0 Å². The van der Waals surface area contributed by atoms with Gasteiger partial charge in [0.15, 0.2) is 0 Å². The zero-order valence-corrected chi connectivity index (χ0v) is 15.3. The lowest BCUT2D eigenvalue weighted by Gasteiger charge is -2.06. The second-order valence-corrected chi connectivity index (χ2v) is 6.86. The first-order valence-corrected chi connectivity index (χ1v) is 9.09. The molecule has 3 rings (SSSR count). The normalized spacial score (nSPS) is 10.6. The van der Waals surface area contributed by atoms with Gasteiger partial charge in [0.2, 0.25) is 0 Å². The number of carbonyl (C=O) groups is 1. The molecular formula is C18H18ClN3O2S. The highest BCUT2D eigenvalue weighted by atomic mass is 35.5. The van der Waals surface area contributed by atoms with Crippen LogP contribution in [0.15, 0.2) is 48.1 Å². The molecule has 0 saturated carbocycles. The Morgan fingerprint density at radius 1 is 1.40 bits per heavy atom. The van der Waals surface area contributed by atoms with Crippen LogP contribution in [0.25, 0.3) is 0 Å². The molecule has 3 aromatic rings. The Balaban J connectivity index is 1.49. The van der Waals surface area contributed by atoms with Gasteiger partial charge in [0, 0.05) is 29.5 Å². The van der Waals surface area contributed by atoms with E-state index in [0.717, 1.165) is 21.9 Å². The van der Waals surface area contributed by atoms with Gasteiger partial charge in [-0.2, -0.15) is 5.10 Å². The Morgan fingerprint density at radius 2 is 2.28 bits per heavy atom. The van der Waals surface area contributed by atoms with E-state index in [2.05, 4.69) is 10.4 Å². The summed E-state index contributed by atoms with van der Waals surface area (Å²) in [6.07, 6.45) is 3.58. The maximum atomic E-state index is 12.2. The van der Waals surface area contributed by atoms with Crippen LogP contribution in [0.3, 0.4) is 0 Å². The van der Waals surface area contributed by atoms with Crippen molar-refractivity contribution in [3.05, 3.63) is 69.1 Å². The summed E-state index contributed by atoms with van der Waals surface area (Å²) in [5.41, 5.74) is 1.94. The number of halogens is 1. The first kappa shape index (κ1) is 17.5. The quantitative estimate of drug-likeness (QED) is 0.681. The molecule has 1 aromatic carbocycles. The molecule has 0 aliphatic carbocycles.